The number of anilines is 2. The van der Waals surface area contributed by atoms with Crippen LogP contribution in [0.2, 0.25) is 0 Å². The van der Waals surface area contributed by atoms with Crippen LogP contribution in [-0.4, -0.2) is 32.0 Å². The number of nitrogen functional groups attached to an aromatic ring is 1. The number of pyridine rings is 1. The Morgan fingerprint density at radius 3 is 2.96 bits per heavy atom. The lowest BCUT2D eigenvalue weighted by Crippen LogP contribution is -2.16. The molecule has 0 unspecified atom stereocenters. The molecule has 1 saturated carbocycles. The maximum Gasteiger partial charge on any atom is 0.161 e. The molecular weight excluding hydrogens is 317 g/mol. The van der Waals surface area contributed by atoms with Gasteiger partial charge in [0, 0.05) is 18.2 Å². The molecule has 120 valence electrons. The van der Waals surface area contributed by atoms with E-state index in [1.54, 1.807) is 6.07 Å². The van der Waals surface area contributed by atoms with E-state index in [9.17, 15) is 9.50 Å². The van der Waals surface area contributed by atoms with Crippen molar-refractivity contribution >= 4 is 33.1 Å². The van der Waals surface area contributed by atoms with Crippen molar-refractivity contribution in [1.29, 1.82) is 0 Å². The largest absolute Gasteiger partial charge is 0.393 e. The number of nitrogens with one attached hydrogen (secondary N) is 1. The van der Waals surface area contributed by atoms with Crippen molar-refractivity contribution in [3.63, 3.8) is 0 Å². The quantitative estimate of drug-likeness (QED) is 0.685. The van der Waals surface area contributed by atoms with Gasteiger partial charge in [-0.2, -0.15) is 5.10 Å². The minimum absolute atomic E-state index is 0.225. The van der Waals surface area contributed by atoms with Crippen LogP contribution < -0.4 is 11.1 Å². The topological polar surface area (TPSA) is 89.0 Å². The summed E-state index contributed by atoms with van der Waals surface area (Å²) in [7, 11) is 0. The molecule has 1 aliphatic carbocycles. The van der Waals surface area contributed by atoms with Crippen LogP contribution in [0.4, 0.5) is 15.9 Å². The number of aliphatic hydroxyl groups is 1. The molecule has 0 saturated heterocycles. The molecule has 1 aliphatic rings. The summed E-state index contributed by atoms with van der Waals surface area (Å²) in [5.74, 6) is 0.0442. The van der Waals surface area contributed by atoms with E-state index in [4.69, 9.17) is 5.73 Å². The normalized spacial score (nSPS) is 21.1. The van der Waals surface area contributed by atoms with E-state index in [1.807, 2.05) is 6.07 Å². The first-order valence-corrected chi connectivity index (χ1v) is 8.25. The second kappa shape index (κ2) is 5.47. The fourth-order valence-corrected chi connectivity index (χ4v) is 3.99. The molecule has 23 heavy (non-hydrogen) atoms. The molecule has 0 aromatic carbocycles. The number of hydrogen-bond acceptors (Lipinski definition) is 6. The number of rotatable bonds is 3. The third-order valence-corrected chi connectivity index (χ3v) is 5.17. The molecule has 0 aliphatic heterocycles. The van der Waals surface area contributed by atoms with E-state index in [1.165, 1.54) is 28.4 Å². The predicted octanol–water partition coefficient (Wildman–Crippen LogP) is 2.53. The number of aliphatic hydroxyl groups excluding tert-OH is 1. The Bertz CT molecular complexity index is 861. The van der Waals surface area contributed by atoms with Crippen LogP contribution in [0.3, 0.4) is 0 Å². The highest BCUT2D eigenvalue weighted by Crippen LogP contribution is 2.35. The number of fused-ring (bicyclic) bond motifs is 1. The zero-order chi connectivity index (χ0) is 16.0. The maximum absolute atomic E-state index is 13.2. The van der Waals surface area contributed by atoms with Crippen LogP contribution in [0.1, 0.15) is 19.3 Å². The Labute approximate surface area is 135 Å². The summed E-state index contributed by atoms with van der Waals surface area (Å²) in [6, 6.07) is 3.87. The van der Waals surface area contributed by atoms with Gasteiger partial charge in [0.25, 0.3) is 0 Å². The Morgan fingerprint density at radius 1 is 1.39 bits per heavy atom. The van der Waals surface area contributed by atoms with Gasteiger partial charge in [0.2, 0.25) is 0 Å². The van der Waals surface area contributed by atoms with E-state index in [0.717, 1.165) is 40.2 Å². The van der Waals surface area contributed by atoms with Gasteiger partial charge >= 0.3 is 0 Å². The maximum atomic E-state index is 13.2. The van der Waals surface area contributed by atoms with Gasteiger partial charge in [-0.25, -0.2) is 14.1 Å². The Balaban J connectivity index is 1.73. The van der Waals surface area contributed by atoms with Crippen LogP contribution in [0.5, 0.6) is 0 Å². The number of aromatic nitrogens is 3. The molecule has 4 N–H and O–H groups in total. The van der Waals surface area contributed by atoms with Crippen LogP contribution in [0, 0.1) is 5.82 Å². The molecule has 6 nitrogen and oxygen atoms in total. The molecule has 3 heterocycles. The fourth-order valence-electron chi connectivity index (χ4n) is 2.98. The van der Waals surface area contributed by atoms with Gasteiger partial charge in [-0.05, 0) is 19.3 Å². The zero-order valence-electron chi connectivity index (χ0n) is 12.2. The molecule has 0 radical (unpaired) electrons. The monoisotopic (exact) mass is 333 g/mol. The zero-order valence-corrected chi connectivity index (χ0v) is 13.1. The van der Waals surface area contributed by atoms with E-state index in [-0.39, 0.29) is 18.0 Å². The third-order valence-electron chi connectivity index (χ3n) is 4.03. The van der Waals surface area contributed by atoms with Crippen molar-refractivity contribution in [2.75, 3.05) is 11.1 Å². The highest BCUT2D eigenvalue weighted by molar-refractivity contribution is 7.22. The average Bonchev–Trinajstić information content (AvgIpc) is 3.19. The molecule has 8 heteroatoms. The van der Waals surface area contributed by atoms with Crippen LogP contribution in [0.15, 0.2) is 24.5 Å². The first kappa shape index (κ1) is 14.4. The van der Waals surface area contributed by atoms with Crippen LogP contribution in [-0.2, 0) is 0 Å². The van der Waals surface area contributed by atoms with Gasteiger partial charge in [-0.3, -0.25) is 0 Å². The standard InChI is InChI=1S/C15H16FN5OS/c16-8-6-18-21(7-8)14-5-12-15(23-14)11(4-13(17)20-12)19-9-1-2-10(22)3-9/h4-7,9-10,22H,1-3H2,(H3,17,19,20)/t9-,10-/m0/s1. The Kier molecular flexibility index (Phi) is 3.42. The van der Waals surface area contributed by atoms with Gasteiger partial charge < -0.3 is 16.2 Å². The van der Waals surface area contributed by atoms with Gasteiger partial charge in [0.05, 0.1) is 34.4 Å². The van der Waals surface area contributed by atoms with Crippen LogP contribution >= 0.6 is 11.3 Å². The molecule has 2 atom stereocenters. The van der Waals surface area contributed by atoms with Crippen molar-refractivity contribution in [3.05, 3.63) is 30.3 Å². The van der Waals surface area contributed by atoms with Crippen molar-refractivity contribution in [2.45, 2.75) is 31.4 Å². The number of thiophene rings is 1. The predicted molar refractivity (Wildman–Crippen MR) is 88.4 cm³/mol. The first-order valence-electron chi connectivity index (χ1n) is 7.44. The van der Waals surface area contributed by atoms with E-state index in [2.05, 4.69) is 15.4 Å². The Hall–Kier alpha value is -2.19. The van der Waals surface area contributed by atoms with Gasteiger partial charge in [-0.1, -0.05) is 0 Å². The first-order chi connectivity index (χ1) is 11.1. The molecule has 4 rings (SSSR count). The molecule has 0 bridgehead atoms. The van der Waals surface area contributed by atoms with Crippen molar-refractivity contribution in [2.24, 2.45) is 0 Å². The summed E-state index contributed by atoms with van der Waals surface area (Å²) in [4.78, 5) is 4.34. The Morgan fingerprint density at radius 2 is 2.26 bits per heavy atom. The lowest BCUT2D eigenvalue weighted by atomic mass is 10.2. The highest BCUT2D eigenvalue weighted by atomic mass is 32.1. The van der Waals surface area contributed by atoms with Gasteiger partial charge in [0.15, 0.2) is 5.82 Å². The summed E-state index contributed by atoms with van der Waals surface area (Å²) in [6.45, 7) is 0. The van der Waals surface area contributed by atoms with E-state index < -0.39 is 0 Å². The second-order valence-corrected chi connectivity index (χ2v) is 6.84. The van der Waals surface area contributed by atoms with Crippen molar-refractivity contribution < 1.29 is 9.50 Å². The minimum Gasteiger partial charge on any atom is -0.393 e. The number of hydrogen-bond donors (Lipinski definition) is 3. The van der Waals surface area contributed by atoms with Gasteiger partial charge in [0.1, 0.15) is 10.8 Å². The number of halogens is 1. The molecule has 0 amide bonds. The van der Waals surface area contributed by atoms with Crippen molar-refractivity contribution in [1.82, 2.24) is 14.8 Å². The molecule has 3 aromatic rings. The van der Waals surface area contributed by atoms with Gasteiger partial charge in [-0.15, -0.1) is 11.3 Å². The third kappa shape index (κ3) is 2.75. The molecular formula is C15H16FN5OS. The van der Waals surface area contributed by atoms with Crippen molar-refractivity contribution in [3.8, 4) is 5.00 Å². The second-order valence-electron chi connectivity index (χ2n) is 5.80. The van der Waals surface area contributed by atoms with E-state index >= 15 is 0 Å². The summed E-state index contributed by atoms with van der Waals surface area (Å²) >= 11 is 1.47. The molecule has 3 aromatic heterocycles. The molecule has 0 spiro atoms. The smallest absolute Gasteiger partial charge is 0.161 e. The summed E-state index contributed by atoms with van der Waals surface area (Å²) in [5.41, 5.74) is 7.55. The lowest BCUT2D eigenvalue weighted by Gasteiger charge is -2.14. The average molecular weight is 333 g/mol. The van der Waals surface area contributed by atoms with E-state index in [0.29, 0.717) is 5.82 Å². The number of nitrogens with zero attached hydrogens (tertiary/aromatic N) is 3. The fraction of sp³-hybridized carbons (Fsp3) is 0.333. The lowest BCUT2D eigenvalue weighted by molar-refractivity contribution is 0.182. The summed E-state index contributed by atoms with van der Waals surface area (Å²) in [5, 5.41) is 17.9. The SMILES string of the molecule is Nc1cc(N[C@H]2CC[C@H](O)C2)c2sc(-n3cc(F)cn3)cc2n1. The highest BCUT2D eigenvalue weighted by Gasteiger charge is 2.23. The summed E-state index contributed by atoms with van der Waals surface area (Å²) in [6.07, 6.45) is 4.72. The molecule has 1 fully saturated rings. The van der Waals surface area contributed by atoms with Crippen LogP contribution in [0.25, 0.3) is 15.2 Å². The minimum atomic E-state index is -0.381. The number of nitrogens with two attached hydrogens (primary N) is 1. The summed E-state index contributed by atoms with van der Waals surface area (Å²) < 4.78 is 15.6.